The fourth-order valence-corrected chi connectivity index (χ4v) is 6.01. The van der Waals surface area contributed by atoms with Gasteiger partial charge in [0.15, 0.2) is 10.3 Å². The van der Waals surface area contributed by atoms with Crippen LogP contribution >= 0.6 is 58.3 Å². The normalized spacial score (nSPS) is 10.8. The van der Waals surface area contributed by atoms with Crippen LogP contribution < -0.4 is 21.4 Å². The van der Waals surface area contributed by atoms with Gasteiger partial charge >= 0.3 is 0 Å². The van der Waals surface area contributed by atoms with Crippen LogP contribution in [0.25, 0.3) is 0 Å². The van der Waals surface area contributed by atoms with Crippen molar-refractivity contribution < 1.29 is 9.47 Å². The van der Waals surface area contributed by atoms with E-state index in [-0.39, 0.29) is 6.15 Å². The number of nitrogens with two attached hydrogens (primary N) is 1. The maximum atomic E-state index is 6.27. The molecule has 0 aliphatic rings. The number of hydrogen-bond donors (Lipinski definition) is 2. The van der Waals surface area contributed by atoms with Crippen molar-refractivity contribution in [1.29, 1.82) is 0 Å². The molecule has 0 unspecified atom stereocenters. The van der Waals surface area contributed by atoms with Gasteiger partial charge in [0.1, 0.15) is 22.5 Å². The molecule has 0 spiro atoms. The summed E-state index contributed by atoms with van der Waals surface area (Å²) in [6.45, 7) is 8.56. The third kappa shape index (κ3) is 10.3. The molecule has 13 heteroatoms. The molecule has 4 aromatic rings. The molecule has 2 heterocycles. The van der Waals surface area contributed by atoms with Gasteiger partial charge < -0.3 is 21.4 Å². The topological polar surface area (TPSA) is 131 Å². The number of anilines is 1. The molecule has 0 saturated heterocycles. The van der Waals surface area contributed by atoms with Crippen molar-refractivity contribution in [2.75, 3.05) is 32.5 Å². The summed E-state index contributed by atoms with van der Waals surface area (Å²) in [6, 6.07) is 7.87. The Balaban J connectivity index is 0.000000307. The summed E-state index contributed by atoms with van der Waals surface area (Å²) in [5.74, 6) is 2.60. The maximum Gasteiger partial charge on any atom is 0.189 e. The minimum Gasteiger partial charge on any atom is -0.495 e. The summed E-state index contributed by atoms with van der Waals surface area (Å²) in [6.07, 6.45) is 8.71. The molecule has 0 fully saturated rings. The fourth-order valence-electron chi connectivity index (χ4n) is 4.55. The van der Waals surface area contributed by atoms with Crippen LogP contribution in [-0.2, 0) is 12.8 Å². The SMILES string of the molecule is COc1cc(C(C)C)c(Cc2cnc(SC)nc2Cl)cc1Cl.COc1cc(C(C)C)c(Cc2cnc(SC)nc2N)cc1Cl.N. The highest BCUT2D eigenvalue weighted by Crippen LogP contribution is 2.35. The van der Waals surface area contributed by atoms with Crippen LogP contribution in [0.4, 0.5) is 5.82 Å². The van der Waals surface area contributed by atoms with Gasteiger partial charge in [0.25, 0.3) is 0 Å². The molecule has 244 valence electrons. The van der Waals surface area contributed by atoms with E-state index in [1.54, 1.807) is 26.6 Å². The number of halogens is 3. The van der Waals surface area contributed by atoms with Crippen LogP contribution in [0.15, 0.2) is 47.0 Å². The molecule has 2 aromatic carbocycles. The van der Waals surface area contributed by atoms with Crippen LogP contribution in [0.3, 0.4) is 0 Å². The van der Waals surface area contributed by atoms with Gasteiger partial charge in [-0.15, -0.1) is 0 Å². The fraction of sp³-hybridized carbons (Fsp3) is 0.375. The monoisotopic (exact) mass is 710 g/mol. The average Bonchev–Trinajstić information content (AvgIpc) is 2.99. The quantitative estimate of drug-likeness (QED) is 0.0931. The number of nitrogens with zero attached hydrogens (tertiary/aromatic N) is 4. The highest BCUT2D eigenvalue weighted by Gasteiger charge is 2.16. The number of methoxy groups -OCH3 is 2. The Kier molecular flexibility index (Phi) is 15.5. The number of rotatable bonds is 10. The second-order valence-electron chi connectivity index (χ2n) is 10.5. The number of hydrogen-bond acceptors (Lipinski definition) is 10. The van der Waals surface area contributed by atoms with E-state index in [1.165, 1.54) is 34.7 Å². The third-order valence-electron chi connectivity index (χ3n) is 6.86. The molecule has 5 N–H and O–H groups in total. The Morgan fingerprint density at radius 2 is 1.11 bits per heavy atom. The first kappa shape index (κ1) is 38.7. The van der Waals surface area contributed by atoms with Crippen LogP contribution in [0, 0.1) is 0 Å². The zero-order valence-corrected chi connectivity index (χ0v) is 30.8. The van der Waals surface area contributed by atoms with E-state index in [1.807, 2.05) is 36.8 Å². The lowest BCUT2D eigenvalue weighted by Crippen LogP contribution is -2.04. The first-order valence-electron chi connectivity index (χ1n) is 13.9. The van der Waals surface area contributed by atoms with Gasteiger partial charge in [0, 0.05) is 36.4 Å². The Bertz CT molecular complexity index is 1470. The van der Waals surface area contributed by atoms with E-state index >= 15 is 0 Å². The molecule has 0 saturated carbocycles. The van der Waals surface area contributed by atoms with E-state index in [0.717, 1.165) is 22.3 Å². The van der Waals surface area contributed by atoms with Crippen LogP contribution in [0.2, 0.25) is 15.2 Å². The molecule has 0 amide bonds. The average molecular weight is 712 g/mol. The molecule has 0 atom stereocenters. The number of aromatic nitrogens is 4. The lowest BCUT2D eigenvalue weighted by molar-refractivity contribution is 0.414. The first-order valence-corrected chi connectivity index (χ1v) is 17.4. The predicted molar refractivity (Wildman–Crippen MR) is 192 cm³/mol. The lowest BCUT2D eigenvalue weighted by atomic mass is 9.93. The van der Waals surface area contributed by atoms with E-state index in [0.29, 0.717) is 67.5 Å². The smallest absolute Gasteiger partial charge is 0.189 e. The highest BCUT2D eigenvalue weighted by molar-refractivity contribution is 7.98. The summed E-state index contributed by atoms with van der Waals surface area (Å²) < 4.78 is 10.6. The van der Waals surface area contributed by atoms with Gasteiger partial charge in [-0.25, -0.2) is 19.9 Å². The van der Waals surface area contributed by atoms with Crippen molar-refractivity contribution in [3.63, 3.8) is 0 Å². The van der Waals surface area contributed by atoms with Gasteiger partial charge in [0.05, 0.1) is 24.3 Å². The van der Waals surface area contributed by atoms with Crippen molar-refractivity contribution in [2.45, 2.75) is 62.7 Å². The van der Waals surface area contributed by atoms with Gasteiger partial charge in [-0.2, -0.15) is 0 Å². The molecule has 0 aliphatic carbocycles. The minimum atomic E-state index is 0. The maximum absolute atomic E-state index is 6.27. The van der Waals surface area contributed by atoms with E-state index in [4.69, 9.17) is 50.0 Å². The Hall–Kier alpha value is -2.47. The van der Waals surface area contributed by atoms with E-state index in [9.17, 15) is 0 Å². The molecule has 0 aliphatic heterocycles. The minimum absolute atomic E-state index is 0. The molecule has 0 radical (unpaired) electrons. The number of thioether (sulfide) groups is 2. The third-order valence-corrected chi connectivity index (χ3v) is 8.91. The number of benzene rings is 2. The molecule has 2 aromatic heterocycles. The van der Waals surface area contributed by atoms with Gasteiger partial charge in [0.2, 0.25) is 0 Å². The molecule has 4 rings (SSSR count). The van der Waals surface area contributed by atoms with Crippen LogP contribution in [0.5, 0.6) is 11.5 Å². The highest BCUT2D eigenvalue weighted by atomic mass is 35.5. The molecular formula is C32H41Cl3N6O2S2. The van der Waals surface area contributed by atoms with Gasteiger partial charge in [-0.1, -0.05) is 86.0 Å². The zero-order valence-electron chi connectivity index (χ0n) is 26.9. The summed E-state index contributed by atoms with van der Waals surface area (Å²) >= 11 is 21.7. The Morgan fingerprint density at radius 1 is 0.689 bits per heavy atom. The van der Waals surface area contributed by atoms with Crippen LogP contribution in [0.1, 0.15) is 72.9 Å². The number of ether oxygens (including phenoxy) is 2. The van der Waals surface area contributed by atoms with Crippen molar-refractivity contribution >= 4 is 64.1 Å². The summed E-state index contributed by atoms with van der Waals surface area (Å²) in [4.78, 5) is 17.2. The van der Waals surface area contributed by atoms with Gasteiger partial charge in [-0.05, 0) is 70.9 Å². The van der Waals surface area contributed by atoms with Crippen LogP contribution in [-0.4, -0.2) is 46.7 Å². The molecule has 0 bridgehead atoms. The first-order chi connectivity index (χ1) is 20.9. The second-order valence-corrected chi connectivity index (χ2v) is 13.2. The van der Waals surface area contributed by atoms with Crippen molar-refractivity contribution in [3.8, 4) is 11.5 Å². The largest absolute Gasteiger partial charge is 0.495 e. The Morgan fingerprint density at radius 3 is 1.49 bits per heavy atom. The van der Waals surface area contributed by atoms with Crippen molar-refractivity contribution in [3.05, 3.63) is 85.2 Å². The van der Waals surface area contributed by atoms with Crippen molar-refractivity contribution in [1.82, 2.24) is 26.1 Å². The molecule has 8 nitrogen and oxygen atoms in total. The summed E-state index contributed by atoms with van der Waals surface area (Å²) in [7, 11) is 3.24. The van der Waals surface area contributed by atoms with Crippen molar-refractivity contribution in [2.24, 2.45) is 0 Å². The van der Waals surface area contributed by atoms with E-state index < -0.39 is 0 Å². The standard InChI is InChI=1S/C16H18Cl2N2OS.C16H20ClN3OS.H3N/c2*1-9(2)12-7-14(21-3)13(17)6-10(12)5-11-8-19-16(22-4)20-15(11)18;/h6-9H,5H2,1-4H3;6-9H,5H2,1-4H3,(H2,18,19,20);1H3. The lowest BCUT2D eigenvalue weighted by Gasteiger charge is -2.16. The molecule has 45 heavy (non-hydrogen) atoms. The Labute approximate surface area is 290 Å². The second kappa shape index (κ2) is 18.0. The summed E-state index contributed by atoms with van der Waals surface area (Å²) in [5, 5.41) is 3.03. The van der Waals surface area contributed by atoms with E-state index in [2.05, 4.69) is 47.6 Å². The molecular weight excluding hydrogens is 671 g/mol. The predicted octanol–water partition coefficient (Wildman–Crippen LogP) is 9.55. The number of nitrogen functional groups attached to an aromatic ring is 1. The summed E-state index contributed by atoms with van der Waals surface area (Å²) in [5.41, 5.74) is 12.4. The zero-order chi connectivity index (χ0) is 32.6. The van der Waals surface area contributed by atoms with Gasteiger partial charge in [-0.3, -0.25) is 0 Å².